The Morgan fingerprint density at radius 1 is 1.42 bits per heavy atom. The van der Waals surface area contributed by atoms with Crippen LogP contribution in [-0.4, -0.2) is 37.8 Å². The van der Waals surface area contributed by atoms with Gasteiger partial charge in [-0.3, -0.25) is 4.79 Å². The first-order valence-corrected chi connectivity index (χ1v) is 8.50. The average Bonchev–Trinajstić information content (AvgIpc) is 2.61. The molecule has 0 spiro atoms. The molecule has 1 saturated heterocycles. The summed E-state index contributed by atoms with van der Waals surface area (Å²) in [6, 6.07) is 8.06. The molecule has 1 aliphatic rings. The van der Waals surface area contributed by atoms with Gasteiger partial charge in [-0.25, -0.2) is 4.98 Å². The van der Waals surface area contributed by atoms with E-state index >= 15 is 0 Å². The fraction of sp³-hybridized carbons (Fsp3) is 0.474. The van der Waals surface area contributed by atoms with Crippen LogP contribution in [0, 0.1) is 12.8 Å². The normalized spacial score (nSPS) is 17.8. The van der Waals surface area contributed by atoms with Gasteiger partial charge in [0.1, 0.15) is 17.1 Å². The molecule has 0 saturated carbocycles. The summed E-state index contributed by atoms with van der Waals surface area (Å²) in [5, 5.41) is 1.09. The van der Waals surface area contributed by atoms with Crippen LogP contribution in [0.2, 0.25) is 0 Å². The second kappa shape index (κ2) is 7.07. The number of esters is 1. The van der Waals surface area contributed by atoms with E-state index in [4.69, 9.17) is 14.5 Å². The largest absolute Gasteiger partial charge is 0.494 e. The van der Waals surface area contributed by atoms with E-state index in [0.717, 1.165) is 47.4 Å². The van der Waals surface area contributed by atoms with E-state index in [1.165, 1.54) is 0 Å². The third-order valence-electron chi connectivity index (χ3n) is 4.58. The molecule has 1 aromatic carbocycles. The number of nitrogens with zero attached hydrogens (tertiary/aromatic N) is 2. The zero-order valence-electron chi connectivity index (χ0n) is 14.5. The Hall–Kier alpha value is -2.30. The van der Waals surface area contributed by atoms with E-state index in [9.17, 15) is 4.79 Å². The SMILES string of the molecule is CCOC(=O)[C@H]1CCCN(c2cc(C)c3cccc(OC)c3n2)C1. The number of hydrogen-bond acceptors (Lipinski definition) is 5. The standard InChI is InChI=1S/C19H24N2O3/c1-4-24-19(22)14-7-6-10-21(12-14)17-11-13(2)15-8-5-9-16(23-3)18(15)20-17/h5,8-9,11,14H,4,6-7,10,12H2,1-3H3/t14-/m0/s1. The molecule has 24 heavy (non-hydrogen) atoms. The van der Waals surface area contributed by atoms with Crippen molar-refractivity contribution in [3.05, 3.63) is 29.8 Å². The van der Waals surface area contributed by atoms with Gasteiger partial charge in [0.2, 0.25) is 0 Å². The molecule has 0 unspecified atom stereocenters. The molecule has 1 atom stereocenters. The number of methoxy groups -OCH3 is 1. The molecule has 0 N–H and O–H groups in total. The molecular formula is C19H24N2O3. The number of carbonyl (C=O) groups is 1. The number of rotatable bonds is 4. The molecule has 5 nitrogen and oxygen atoms in total. The lowest BCUT2D eigenvalue weighted by molar-refractivity contribution is -0.148. The highest BCUT2D eigenvalue weighted by molar-refractivity contribution is 5.89. The third kappa shape index (κ3) is 3.16. The van der Waals surface area contributed by atoms with Gasteiger partial charge in [-0.15, -0.1) is 0 Å². The number of carbonyl (C=O) groups excluding carboxylic acids is 1. The molecule has 0 aliphatic carbocycles. The van der Waals surface area contributed by atoms with E-state index in [-0.39, 0.29) is 11.9 Å². The van der Waals surface area contributed by atoms with Crippen LogP contribution < -0.4 is 9.64 Å². The number of hydrogen-bond donors (Lipinski definition) is 0. The Kier molecular flexibility index (Phi) is 4.88. The van der Waals surface area contributed by atoms with Crippen molar-refractivity contribution < 1.29 is 14.3 Å². The van der Waals surface area contributed by atoms with Crippen molar-refractivity contribution in [2.75, 3.05) is 31.7 Å². The first-order chi connectivity index (χ1) is 11.6. The Bertz CT molecular complexity index is 745. The third-order valence-corrected chi connectivity index (χ3v) is 4.58. The van der Waals surface area contributed by atoms with Gasteiger partial charge in [0, 0.05) is 18.5 Å². The lowest BCUT2D eigenvalue weighted by atomic mass is 9.98. The highest BCUT2D eigenvalue weighted by Crippen LogP contribution is 2.31. The molecule has 1 fully saturated rings. The molecule has 128 valence electrons. The predicted octanol–water partition coefficient (Wildman–Crippen LogP) is 3.33. The molecule has 1 aliphatic heterocycles. The average molecular weight is 328 g/mol. The summed E-state index contributed by atoms with van der Waals surface area (Å²) < 4.78 is 10.7. The number of anilines is 1. The van der Waals surface area contributed by atoms with Crippen LogP contribution in [0.5, 0.6) is 5.75 Å². The number of aromatic nitrogens is 1. The van der Waals surface area contributed by atoms with Crippen molar-refractivity contribution in [3.63, 3.8) is 0 Å². The summed E-state index contributed by atoms with van der Waals surface area (Å²) in [7, 11) is 1.66. The van der Waals surface area contributed by atoms with Gasteiger partial charge < -0.3 is 14.4 Å². The van der Waals surface area contributed by atoms with E-state index in [2.05, 4.69) is 24.0 Å². The van der Waals surface area contributed by atoms with Crippen molar-refractivity contribution >= 4 is 22.7 Å². The molecule has 3 rings (SSSR count). The molecular weight excluding hydrogens is 304 g/mol. The van der Waals surface area contributed by atoms with Gasteiger partial charge in [0.25, 0.3) is 0 Å². The van der Waals surface area contributed by atoms with Crippen molar-refractivity contribution in [1.29, 1.82) is 0 Å². The fourth-order valence-corrected chi connectivity index (χ4v) is 3.34. The molecule has 2 aromatic rings. The number of fused-ring (bicyclic) bond motifs is 1. The molecule has 2 heterocycles. The van der Waals surface area contributed by atoms with Crippen LogP contribution in [0.15, 0.2) is 24.3 Å². The van der Waals surface area contributed by atoms with Crippen LogP contribution in [0.1, 0.15) is 25.3 Å². The molecule has 0 amide bonds. The highest BCUT2D eigenvalue weighted by atomic mass is 16.5. The number of ether oxygens (including phenoxy) is 2. The molecule has 0 bridgehead atoms. The molecule has 5 heteroatoms. The maximum absolute atomic E-state index is 12.1. The van der Waals surface area contributed by atoms with E-state index in [0.29, 0.717) is 13.2 Å². The van der Waals surface area contributed by atoms with Gasteiger partial charge in [-0.05, 0) is 44.4 Å². The summed E-state index contributed by atoms with van der Waals surface area (Å²) in [6.45, 7) is 5.92. The maximum Gasteiger partial charge on any atom is 0.310 e. The van der Waals surface area contributed by atoms with Crippen LogP contribution in [0.3, 0.4) is 0 Å². The van der Waals surface area contributed by atoms with Gasteiger partial charge >= 0.3 is 5.97 Å². The van der Waals surface area contributed by atoms with E-state index in [1.54, 1.807) is 7.11 Å². The zero-order valence-corrected chi connectivity index (χ0v) is 14.5. The van der Waals surface area contributed by atoms with Crippen LogP contribution in [0.25, 0.3) is 10.9 Å². The molecule has 0 radical (unpaired) electrons. The number of benzene rings is 1. The number of piperidine rings is 1. The first-order valence-electron chi connectivity index (χ1n) is 8.50. The Balaban J connectivity index is 1.92. The Labute approximate surface area is 142 Å². The Morgan fingerprint density at radius 2 is 2.25 bits per heavy atom. The van der Waals surface area contributed by atoms with E-state index in [1.807, 2.05) is 19.1 Å². The fourth-order valence-electron chi connectivity index (χ4n) is 3.34. The van der Waals surface area contributed by atoms with Gasteiger partial charge in [-0.2, -0.15) is 0 Å². The van der Waals surface area contributed by atoms with Crippen LogP contribution >= 0.6 is 0 Å². The monoisotopic (exact) mass is 328 g/mol. The summed E-state index contributed by atoms with van der Waals surface area (Å²) in [4.78, 5) is 19.1. The zero-order chi connectivity index (χ0) is 17.1. The highest BCUT2D eigenvalue weighted by Gasteiger charge is 2.28. The summed E-state index contributed by atoms with van der Waals surface area (Å²) >= 11 is 0. The second-order valence-corrected chi connectivity index (χ2v) is 6.19. The van der Waals surface area contributed by atoms with Gasteiger partial charge in [0.05, 0.1) is 19.6 Å². The second-order valence-electron chi connectivity index (χ2n) is 6.19. The Morgan fingerprint density at radius 3 is 3.00 bits per heavy atom. The number of pyridine rings is 1. The minimum Gasteiger partial charge on any atom is -0.494 e. The van der Waals surface area contributed by atoms with Gasteiger partial charge in [-0.1, -0.05) is 12.1 Å². The van der Waals surface area contributed by atoms with Crippen LogP contribution in [-0.2, 0) is 9.53 Å². The lowest BCUT2D eigenvalue weighted by Gasteiger charge is -2.32. The summed E-state index contributed by atoms with van der Waals surface area (Å²) in [6.07, 6.45) is 1.85. The summed E-state index contributed by atoms with van der Waals surface area (Å²) in [5.41, 5.74) is 2.03. The predicted molar refractivity (Wildman–Crippen MR) is 94.6 cm³/mol. The topological polar surface area (TPSA) is 51.7 Å². The van der Waals surface area contributed by atoms with Crippen molar-refractivity contribution in [2.45, 2.75) is 26.7 Å². The maximum atomic E-state index is 12.1. The number of aryl methyl sites for hydroxylation is 1. The lowest BCUT2D eigenvalue weighted by Crippen LogP contribution is -2.39. The quantitative estimate of drug-likeness (QED) is 0.806. The minimum absolute atomic E-state index is 0.0748. The van der Waals surface area contributed by atoms with Crippen molar-refractivity contribution in [3.8, 4) is 5.75 Å². The van der Waals surface area contributed by atoms with E-state index < -0.39 is 0 Å². The van der Waals surface area contributed by atoms with Crippen LogP contribution in [0.4, 0.5) is 5.82 Å². The van der Waals surface area contributed by atoms with Gasteiger partial charge in [0.15, 0.2) is 0 Å². The smallest absolute Gasteiger partial charge is 0.310 e. The van der Waals surface area contributed by atoms with Crippen molar-refractivity contribution in [2.24, 2.45) is 5.92 Å². The molecule has 1 aromatic heterocycles. The number of para-hydroxylation sites is 1. The first kappa shape index (κ1) is 16.6. The minimum atomic E-state index is -0.0997. The van der Waals surface area contributed by atoms with Crippen molar-refractivity contribution in [1.82, 2.24) is 4.98 Å². The summed E-state index contributed by atoms with van der Waals surface area (Å²) in [5.74, 6) is 1.50.